The molecule has 4 rings (SSSR count). The van der Waals surface area contributed by atoms with E-state index >= 15 is 0 Å². The lowest BCUT2D eigenvalue weighted by Gasteiger charge is -2.25. The van der Waals surface area contributed by atoms with Gasteiger partial charge in [-0.15, -0.1) is 0 Å². The maximum Gasteiger partial charge on any atom is 0.330 e. The molecule has 0 aliphatic carbocycles. The third-order valence-electron chi connectivity index (χ3n) is 5.03. The monoisotopic (exact) mass is 347 g/mol. The number of imidazole rings is 1. The number of carbonyl (C=O) groups is 1. The predicted molar refractivity (Wildman–Crippen MR) is 101 cm³/mol. The van der Waals surface area contributed by atoms with Gasteiger partial charge in [-0.25, -0.2) is 4.79 Å². The average molecular weight is 347 g/mol. The second-order valence-electron chi connectivity index (χ2n) is 6.68. The van der Waals surface area contributed by atoms with Crippen LogP contribution in [0.25, 0.3) is 5.69 Å². The SMILES string of the molecule is Cc1c[nH]c(=O)n1-c1ccc(C(=O)N2CCC[C@H]2c2ccccc2)cc1. The first kappa shape index (κ1) is 16.4. The van der Waals surface area contributed by atoms with E-state index in [0.717, 1.165) is 30.8 Å². The summed E-state index contributed by atoms with van der Waals surface area (Å²) in [6.07, 6.45) is 3.68. The molecule has 2 aromatic carbocycles. The fraction of sp³-hybridized carbons (Fsp3) is 0.238. The number of H-pyrrole nitrogens is 1. The van der Waals surface area contributed by atoms with Crippen LogP contribution in [0.5, 0.6) is 0 Å². The summed E-state index contributed by atoms with van der Waals surface area (Å²) in [4.78, 5) is 29.5. The number of hydrogen-bond acceptors (Lipinski definition) is 2. The Morgan fingerprint density at radius 2 is 1.81 bits per heavy atom. The van der Waals surface area contributed by atoms with Gasteiger partial charge in [-0.05, 0) is 49.6 Å². The first-order valence-corrected chi connectivity index (χ1v) is 8.88. The van der Waals surface area contributed by atoms with Gasteiger partial charge in [-0.3, -0.25) is 9.36 Å². The molecule has 26 heavy (non-hydrogen) atoms. The standard InChI is InChI=1S/C21H21N3O2/c1-15-14-22-21(26)24(15)18-11-9-17(10-12-18)20(25)23-13-5-8-19(23)16-6-3-2-4-7-16/h2-4,6-7,9-12,14,19H,5,8,13H2,1H3,(H,22,26)/t19-/m0/s1. The van der Waals surface area contributed by atoms with Crippen molar-refractivity contribution >= 4 is 5.91 Å². The van der Waals surface area contributed by atoms with Crippen molar-refractivity contribution < 1.29 is 4.79 Å². The molecule has 132 valence electrons. The Balaban J connectivity index is 1.59. The van der Waals surface area contributed by atoms with Crippen LogP contribution >= 0.6 is 0 Å². The molecule has 0 radical (unpaired) electrons. The maximum absolute atomic E-state index is 13.0. The fourth-order valence-corrected chi connectivity index (χ4v) is 3.73. The van der Waals surface area contributed by atoms with E-state index in [4.69, 9.17) is 0 Å². The third-order valence-corrected chi connectivity index (χ3v) is 5.03. The molecule has 0 saturated carbocycles. The second-order valence-corrected chi connectivity index (χ2v) is 6.68. The lowest BCUT2D eigenvalue weighted by molar-refractivity contribution is 0.0735. The van der Waals surface area contributed by atoms with Crippen LogP contribution in [-0.4, -0.2) is 26.9 Å². The molecule has 5 nitrogen and oxygen atoms in total. The molecule has 1 saturated heterocycles. The van der Waals surface area contributed by atoms with Crippen molar-refractivity contribution in [2.45, 2.75) is 25.8 Å². The molecule has 0 spiro atoms. The number of rotatable bonds is 3. The molecule has 0 unspecified atom stereocenters. The van der Waals surface area contributed by atoms with Crippen molar-refractivity contribution in [1.29, 1.82) is 0 Å². The van der Waals surface area contributed by atoms with E-state index < -0.39 is 0 Å². The zero-order valence-electron chi connectivity index (χ0n) is 14.7. The van der Waals surface area contributed by atoms with Crippen LogP contribution in [0.4, 0.5) is 0 Å². The Bertz CT molecular complexity index is 970. The fourth-order valence-electron chi connectivity index (χ4n) is 3.73. The molecule has 2 heterocycles. The van der Waals surface area contributed by atoms with Gasteiger partial charge >= 0.3 is 5.69 Å². The van der Waals surface area contributed by atoms with Crippen LogP contribution in [-0.2, 0) is 0 Å². The lowest BCUT2D eigenvalue weighted by atomic mass is 10.0. The molecule has 1 aliphatic rings. The molecule has 1 aromatic heterocycles. The summed E-state index contributed by atoms with van der Waals surface area (Å²) in [5.41, 5.74) is 3.25. The molecule has 1 aliphatic heterocycles. The van der Waals surface area contributed by atoms with Gasteiger partial charge in [-0.1, -0.05) is 30.3 Å². The predicted octanol–water partition coefficient (Wildman–Crippen LogP) is 3.45. The van der Waals surface area contributed by atoms with E-state index in [1.54, 1.807) is 22.9 Å². The van der Waals surface area contributed by atoms with E-state index in [2.05, 4.69) is 17.1 Å². The van der Waals surface area contributed by atoms with Gasteiger partial charge in [0, 0.05) is 24.0 Å². The Hall–Kier alpha value is -3.08. The molecular formula is C21H21N3O2. The second kappa shape index (κ2) is 6.67. The summed E-state index contributed by atoms with van der Waals surface area (Å²) < 4.78 is 1.59. The van der Waals surface area contributed by atoms with E-state index in [9.17, 15) is 9.59 Å². The molecule has 3 aromatic rings. The minimum Gasteiger partial charge on any atom is -0.332 e. The number of likely N-dealkylation sites (tertiary alicyclic amines) is 1. The number of aromatic amines is 1. The summed E-state index contributed by atoms with van der Waals surface area (Å²) >= 11 is 0. The zero-order valence-corrected chi connectivity index (χ0v) is 14.7. The number of amides is 1. The lowest BCUT2D eigenvalue weighted by Crippen LogP contribution is -2.30. The summed E-state index contributed by atoms with van der Waals surface area (Å²) in [5.74, 6) is 0.0426. The van der Waals surface area contributed by atoms with Gasteiger partial charge in [0.2, 0.25) is 0 Å². The Kier molecular flexibility index (Phi) is 4.21. The van der Waals surface area contributed by atoms with Crippen LogP contribution in [0, 0.1) is 6.92 Å². The third kappa shape index (κ3) is 2.86. The van der Waals surface area contributed by atoms with Crippen molar-refractivity contribution in [2.75, 3.05) is 6.54 Å². The van der Waals surface area contributed by atoms with Gasteiger partial charge in [0.05, 0.1) is 11.7 Å². The smallest absolute Gasteiger partial charge is 0.330 e. The molecule has 1 N–H and O–H groups in total. The van der Waals surface area contributed by atoms with Crippen molar-refractivity contribution in [2.24, 2.45) is 0 Å². The highest BCUT2D eigenvalue weighted by Gasteiger charge is 2.30. The first-order chi connectivity index (χ1) is 12.6. The molecule has 1 fully saturated rings. The van der Waals surface area contributed by atoms with Crippen molar-refractivity contribution in [3.63, 3.8) is 0 Å². The van der Waals surface area contributed by atoms with Crippen LogP contribution < -0.4 is 5.69 Å². The van der Waals surface area contributed by atoms with Gasteiger partial charge < -0.3 is 9.88 Å². The van der Waals surface area contributed by atoms with Crippen molar-refractivity contribution in [3.05, 3.63) is 88.1 Å². The van der Waals surface area contributed by atoms with Crippen LogP contribution in [0.2, 0.25) is 0 Å². The number of hydrogen-bond donors (Lipinski definition) is 1. The van der Waals surface area contributed by atoms with E-state index in [-0.39, 0.29) is 17.6 Å². The average Bonchev–Trinajstić information content (AvgIpc) is 3.29. The summed E-state index contributed by atoms with van der Waals surface area (Å²) in [6, 6.07) is 17.6. The topological polar surface area (TPSA) is 58.1 Å². The van der Waals surface area contributed by atoms with E-state index in [1.165, 1.54) is 5.56 Å². The molecular weight excluding hydrogens is 326 g/mol. The highest BCUT2D eigenvalue weighted by Crippen LogP contribution is 2.33. The zero-order chi connectivity index (χ0) is 18.1. The minimum absolute atomic E-state index is 0.0426. The van der Waals surface area contributed by atoms with Crippen LogP contribution in [0.15, 0.2) is 65.6 Å². The highest BCUT2D eigenvalue weighted by atomic mass is 16.2. The molecule has 1 amide bonds. The van der Waals surface area contributed by atoms with Gasteiger partial charge in [0.1, 0.15) is 0 Å². The molecule has 0 bridgehead atoms. The minimum atomic E-state index is -0.176. The Labute approximate surface area is 151 Å². The highest BCUT2D eigenvalue weighted by molar-refractivity contribution is 5.94. The number of nitrogens with zero attached hydrogens (tertiary/aromatic N) is 2. The number of carbonyl (C=O) groups excluding carboxylic acids is 1. The summed E-state index contributed by atoms with van der Waals surface area (Å²) in [5, 5.41) is 0. The van der Waals surface area contributed by atoms with Gasteiger partial charge in [-0.2, -0.15) is 0 Å². The number of benzene rings is 2. The Morgan fingerprint density at radius 1 is 1.08 bits per heavy atom. The van der Waals surface area contributed by atoms with Crippen LogP contribution in [0.3, 0.4) is 0 Å². The van der Waals surface area contributed by atoms with E-state index in [1.807, 2.05) is 42.2 Å². The molecule has 1 atom stereocenters. The number of aromatic nitrogens is 2. The van der Waals surface area contributed by atoms with Crippen molar-refractivity contribution in [3.8, 4) is 5.69 Å². The first-order valence-electron chi connectivity index (χ1n) is 8.88. The number of nitrogens with one attached hydrogen (secondary N) is 1. The normalized spacial score (nSPS) is 16.8. The maximum atomic E-state index is 13.0. The van der Waals surface area contributed by atoms with Crippen molar-refractivity contribution in [1.82, 2.24) is 14.5 Å². The Morgan fingerprint density at radius 3 is 2.46 bits per heavy atom. The van der Waals surface area contributed by atoms with Crippen LogP contribution in [0.1, 0.15) is 40.5 Å². The largest absolute Gasteiger partial charge is 0.332 e. The molecule has 5 heteroatoms. The summed E-state index contributed by atoms with van der Waals surface area (Å²) in [6.45, 7) is 2.64. The van der Waals surface area contributed by atoms with Gasteiger partial charge in [0.25, 0.3) is 5.91 Å². The summed E-state index contributed by atoms with van der Waals surface area (Å²) in [7, 11) is 0. The number of aryl methyl sites for hydroxylation is 1. The quantitative estimate of drug-likeness (QED) is 0.789. The van der Waals surface area contributed by atoms with Gasteiger partial charge in [0.15, 0.2) is 0 Å². The van der Waals surface area contributed by atoms with E-state index in [0.29, 0.717) is 5.56 Å².